The van der Waals surface area contributed by atoms with Crippen LogP contribution in [0.1, 0.15) is 24.3 Å². The molecule has 0 aliphatic heterocycles. The second-order valence-electron chi connectivity index (χ2n) is 3.11. The molecule has 0 aliphatic rings. The number of rotatable bonds is 3. The maximum atomic E-state index is 11.4. The van der Waals surface area contributed by atoms with Gasteiger partial charge >= 0.3 is 5.69 Å². The number of hydrogen-bond donors (Lipinski definition) is 1. The Balaban J connectivity index is 2.41. The summed E-state index contributed by atoms with van der Waals surface area (Å²) in [6.07, 6.45) is 4.41. The number of imidazole rings is 1. The molecule has 1 atom stereocenters. The molecule has 2 heterocycles. The van der Waals surface area contributed by atoms with E-state index in [9.17, 15) is 4.79 Å². The van der Waals surface area contributed by atoms with Crippen molar-refractivity contribution in [2.75, 3.05) is 0 Å². The van der Waals surface area contributed by atoms with E-state index in [0.29, 0.717) is 0 Å². The van der Waals surface area contributed by atoms with E-state index in [1.165, 1.54) is 4.88 Å². The molecule has 0 radical (unpaired) electrons. The van der Waals surface area contributed by atoms with Crippen LogP contribution in [0.5, 0.6) is 0 Å². The monoisotopic (exact) mass is 208 g/mol. The lowest BCUT2D eigenvalue weighted by molar-refractivity contribution is 0.559. The number of hydrogen-bond acceptors (Lipinski definition) is 2. The molecule has 14 heavy (non-hydrogen) atoms. The molecule has 1 N–H and O–H groups in total. The van der Waals surface area contributed by atoms with Crippen molar-refractivity contribution in [2.24, 2.45) is 0 Å². The molecule has 4 heteroatoms. The second-order valence-corrected chi connectivity index (χ2v) is 4.09. The van der Waals surface area contributed by atoms with E-state index in [-0.39, 0.29) is 11.7 Å². The zero-order valence-electron chi connectivity index (χ0n) is 7.93. The molecule has 2 rings (SSSR count). The van der Waals surface area contributed by atoms with Crippen LogP contribution >= 0.6 is 11.3 Å². The highest BCUT2D eigenvalue weighted by Crippen LogP contribution is 2.24. The largest absolute Gasteiger partial charge is 0.326 e. The maximum absolute atomic E-state index is 11.4. The van der Waals surface area contributed by atoms with E-state index in [1.807, 2.05) is 11.4 Å². The summed E-state index contributed by atoms with van der Waals surface area (Å²) >= 11 is 1.69. The van der Waals surface area contributed by atoms with E-state index in [0.717, 1.165) is 6.42 Å². The Morgan fingerprint density at radius 1 is 1.64 bits per heavy atom. The summed E-state index contributed by atoms with van der Waals surface area (Å²) in [5, 5.41) is 2.04. The molecule has 0 fully saturated rings. The van der Waals surface area contributed by atoms with Gasteiger partial charge in [-0.1, -0.05) is 13.0 Å². The van der Waals surface area contributed by atoms with Crippen LogP contribution in [0.3, 0.4) is 0 Å². The van der Waals surface area contributed by atoms with Gasteiger partial charge < -0.3 is 4.98 Å². The Bertz CT molecular complexity index is 441. The van der Waals surface area contributed by atoms with Crippen molar-refractivity contribution in [1.82, 2.24) is 9.55 Å². The zero-order valence-corrected chi connectivity index (χ0v) is 8.75. The van der Waals surface area contributed by atoms with E-state index in [1.54, 1.807) is 28.3 Å². The highest BCUT2D eigenvalue weighted by molar-refractivity contribution is 7.10. The Labute approximate surface area is 86.0 Å². The van der Waals surface area contributed by atoms with Crippen LogP contribution in [0.25, 0.3) is 0 Å². The number of aromatic nitrogens is 2. The smallest absolute Gasteiger partial charge is 0.313 e. The summed E-state index contributed by atoms with van der Waals surface area (Å²) in [5.74, 6) is 0. The Kier molecular flexibility index (Phi) is 2.54. The van der Waals surface area contributed by atoms with E-state index in [4.69, 9.17) is 0 Å². The zero-order chi connectivity index (χ0) is 9.97. The van der Waals surface area contributed by atoms with Gasteiger partial charge in [0.15, 0.2) is 0 Å². The third-order valence-corrected chi connectivity index (χ3v) is 3.24. The lowest BCUT2D eigenvalue weighted by Crippen LogP contribution is -2.21. The molecule has 0 aliphatic carbocycles. The second kappa shape index (κ2) is 3.84. The quantitative estimate of drug-likeness (QED) is 0.825. The van der Waals surface area contributed by atoms with Gasteiger partial charge in [0.05, 0.1) is 6.04 Å². The minimum Gasteiger partial charge on any atom is -0.313 e. The third-order valence-electron chi connectivity index (χ3n) is 2.27. The number of H-pyrrole nitrogens is 1. The van der Waals surface area contributed by atoms with E-state index >= 15 is 0 Å². The van der Waals surface area contributed by atoms with Gasteiger partial charge in [0.25, 0.3) is 0 Å². The van der Waals surface area contributed by atoms with Crippen molar-refractivity contribution >= 4 is 11.3 Å². The average molecular weight is 208 g/mol. The molecule has 0 saturated heterocycles. The molecule has 0 spiro atoms. The normalized spacial score (nSPS) is 12.9. The van der Waals surface area contributed by atoms with E-state index < -0.39 is 0 Å². The molecule has 74 valence electrons. The van der Waals surface area contributed by atoms with Gasteiger partial charge in [-0.2, -0.15) is 0 Å². The number of aromatic amines is 1. The standard InChI is InChI=1S/C10H12N2OS/c1-2-8(9-4-3-7-14-9)12-6-5-11-10(12)13/h3-8H,2H2,1H3,(H,11,13). The van der Waals surface area contributed by atoms with Crippen molar-refractivity contribution in [3.8, 4) is 0 Å². The molecule has 0 aromatic carbocycles. The highest BCUT2D eigenvalue weighted by atomic mass is 32.1. The number of thiophene rings is 1. The fourth-order valence-electron chi connectivity index (χ4n) is 1.59. The van der Waals surface area contributed by atoms with Gasteiger partial charge in [0.2, 0.25) is 0 Å². The Morgan fingerprint density at radius 2 is 2.50 bits per heavy atom. The third kappa shape index (κ3) is 1.53. The first-order valence-corrected chi connectivity index (χ1v) is 5.49. The van der Waals surface area contributed by atoms with Crippen LogP contribution in [0.15, 0.2) is 34.7 Å². The van der Waals surface area contributed by atoms with Crippen molar-refractivity contribution < 1.29 is 0 Å². The number of nitrogens with one attached hydrogen (secondary N) is 1. The van der Waals surface area contributed by atoms with Crippen LogP contribution < -0.4 is 5.69 Å². The molecule has 2 aromatic rings. The molecule has 0 amide bonds. The summed E-state index contributed by atoms with van der Waals surface area (Å²) in [5.41, 5.74) is -0.0368. The van der Waals surface area contributed by atoms with Gasteiger partial charge in [-0.15, -0.1) is 11.3 Å². The summed E-state index contributed by atoms with van der Waals surface area (Å²) < 4.78 is 1.74. The van der Waals surface area contributed by atoms with Crippen molar-refractivity contribution in [2.45, 2.75) is 19.4 Å². The Hall–Kier alpha value is -1.29. The number of nitrogens with zero attached hydrogens (tertiary/aromatic N) is 1. The molecule has 3 nitrogen and oxygen atoms in total. The lowest BCUT2D eigenvalue weighted by Gasteiger charge is -2.13. The fraction of sp³-hybridized carbons (Fsp3) is 0.300. The molecule has 0 bridgehead atoms. The molecule has 0 saturated carbocycles. The van der Waals surface area contributed by atoms with Crippen LogP contribution in [0, 0.1) is 0 Å². The highest BCUT2D eigenvalue weighted by Gasteiger charge is 2.13. The first-order valence-electron chi connectivity index (χ1n) is 4.62. The van der Waals surface area contributed by atoms with E-state index in [2.05, 4.69) is 18.0 Å². The van der Waals surface area contributed by atoms with Crippen LogP contribution in [0.4, 0.5) is 0 Å². The summed E-state index contributed by atoms with van der Waals surface area (Å²) in [6.45, 7) is 2.09. The SMILES string of the molecule is CCC(c1cccs1)n1cc[nH]c1=O. The predicted octanol–water partition coefficient (Wildman–Crippen LogP) is 2.24. The van der Waals surface area contributed by atoms with Crippen LogP contribution in [-0.4, -0.2) is 9.55 Å². The summed E-state index contributed by atoms with van der Waals surface area (Å²) in [4.78, 5) is 15.3. The molecular weight excluding hydrogens is 196 g/mol. The lowest BCUT2D eigenvalue weighted by atomic mass is 10.2. The van der Waals surface area contributed by atoms with Crippen molar-refractivity contribution in [3.05, 3.63) is 45.3 Å². The summed E-state index contributed by atoms with van der Waals surface area (Å²) in [7, 11) is 0. The topological polar surface area (TPSA) is 37.8 Å². The Morgan fingerprint density at radius 3 is 3.00 bits per heavy atom. The fourth-order valence-corrected chi connectivity index (χ4v) is 2.50. The first kappa shape index (κ1) is 9.27. The van der Waals surface area contributed by atoms with Gasteiger partial charge in [-0.05, 0) is 17.9 Å². The minimum atomic E-state index is -0.0368. The van der Waals surface area contributed by atoms with Gasteiger partial charge in [-0.25, -0.2) is 4.79 Å². The first-order chi connectivity index (χ1) is 6.83. The minimum absolute atomic E-state index is 0.0368. The van der Waals surface area contributed by atoms with Crippen molar-refractivity contribution in [3.63, 3.8) is 0 Å². The van der Waals surface area contributed by atoms with Crippen LogP contribution in [-0.2, 0) is 0 Å². The average Bonchev–Trinajstić information content (AvgIpc) is 2.80. The maximum Gasteiger partial charge on any atom is 0.326 e. The van der Waals surface area contributed by atoms with Gasteiger partial charge in [-0.3, -0.25) is 4.57 Å². The van der Waals surface area contributed by atoms with Gasteiger partial charge in [0.1, 0.15) is 0 Å². The molecular formula is C10H12N2OS. The van der Waals surface area contributed by atoms with Gasteiger partial charge in [0, 0.05) is 17.3 Å². The van der Waals surface area contributed by atoms with Crippen molar-refractivity contribution in [1.29, 1.82) is 0 Å². The summed E-state index contributed by atoms with van der Waals surface area (Å²) in [6, 6.07) is 4.26. The molecule has 2 aromatic heterocycles. The predicted molar refractivity (Wildman–Crippen MR) is 57.8 cm³/mol. The molecule has 1 unspecified atom stereocenters. The van der Waals surface area contributed by atoms with Crippen LogP contribution in [0.2, 0.25) is 0 Å².